The molecule has 108 valence electrons. The van der Waals surface area contributed by atoms with Crippen molar-refractivity contribution in [1.29, 1.82) is 0 Å². The standard InChI is InChI=1S/C10H18N4O3S2/c1-14(2)4-6-17-5-3-11-9-12-13-10(19-9)18-7-8(15)16/h3-7H2,1-2H3,(H,11,12)(H,15,16). The van der Waals surface area contributed by atoms with Gasteiger partial charge in [0.25, 0.3) is 0 Å². The van der Waals surface area contributed by atoms with Crippen LogP contribution in [0.3, 0.4) is 0 Å². The van der Waals surface area contributed by atoms with Gasteiger partial charge >= 0.3 is 5.97 Å². The van der Waals surface area contributed by atoms with Gasteiger partial charge in [0.2, 0.25) is 5.13 Å². The molecule has 0 unspecified atom stereocenters. The Labute approximate surface area is 120 Å². The molecule has 0 aromatic carbocycles. The molecule has 1 aromatic heterocycles. The van der Waals surface area contributed by atoms with Crippen LogP contribution in [0.5, 0.6) is 0 Å². The smallest absolute Gasteiger partial charge is 0.313 e. The van der Waals surface area contributed by atoms with Gasteiger partial charge in [-0.25, -0.2) is 0 Å². The van der Waals surface area contributed by atoms with Gasteiger partial charge in [-0.3, -0.25) is 4.79 Å². The summed E-state index contributed by atoms with van der Waals surface area (Å²) in [6.45, 7) is 2.86. The molecule has 0 bridgehead atoms. The molecule has 0 aliphatic carbocycles. The molecule has 19 heavy (non-hydrogen) atoms. The highest BCUT2D eigenvalue weighted by atomic mass is 32.2. The minimum atomic E-state index is -0.857. The third kappa shape index (κ3) is 7.98. The maximum Gasteiger partial charge on any atom is 0.313 e. The van der Waals surface area contributed by atoms with E-state index in [2.05, 4.69) is 20.4 Å². The molecule has 1 aromatic rings. The van der Waals surface area contributed by atoms with Gasteiger partial charge in [0.1, 0.15) is 0 Å². The van der Waals surface area contributed by atoms with Gasteiger partial charge < -0.3 is 20.1 Å². The molecule has 1 heterocycles. The minimum absolute atomic E-state index is 0.00226. The second-order valence-corrected chi connectivity index (χ2v) is 6.10. The number of nitrogens with zero attached hydrogens (tertiary/aromatic N) is 3. The summed E-state index contributed by atoms with van der Waals surface area (Å²) in [6, 6.07) is 0. The Kier molecular flexibility index (Phi) is 7.72. The van der Waals surface area contributed by atoms with Crippen molar-refractivity contribution in [1.82, 2.24) is 15.1 Å². The average Bonchev–Trinajstić information content (AvgIpc) is 2.78. The Morgan fingerprint density at radius 1 is 1.47 bits per heavy atom. The zero-order valence-electron chi connectivity index (χ0n) is 11.0. The average molecular weight is 306 g/mol. The third-order valence-electron chi connectivity index (χ3n) is 1.93. The molecule has 0 saturated heterocycles. The molecule has 0 amide bonds. The summed E-state index contributed by atoms with van der Waals surface area (Å²) >= 11 is 2.51. The monoisotopic (exact) mass is 306 g/mol. The summed E-state index contributed by atoms with van der Waals surface area (Å²) in [5.74, 6) is -0.855. The summed E-state index contributed by atoms with van der Waals surface area (Å²) in [7, 11) is 4.00. The molecule has 0 radical (unpaired) electrons. The Bertz CT molecular complexity index is 387. The first-order chi connectivity index (χ1) is 9.08. The highest BCUT2D eigenvalue weighted by Crippen LogP contribution is 2.24. The highest BCUT2D eigenvalue weighted by molar-refractivity contribution is 8.01. The Morgan fingerprint density at radius 3 is 2.95 bits per heavy atom. The van der Waals surface area contributed by atoms with Gasteiger partial charge in [-0.2, -0.15) is 0 Å². The second-order valence-electron chi connectivity index (χ2n) is 3.90. The molecule has 9 heteroatoms. The molecule has 1 rings (SSSR count). The van der Waals surface area contributed by atoms with Gasteiger partial charge in [-0.1, -0.05) is 23.1 Å². The van der Waals surface area contributed by atoms with Gasteiger partial charge in [-0.05, 0) is 14.1 Å². The molecule has 0 aliphatic heterocycles. The molecular formula is C10H18N4O3S2. The summed E-state index contributed by atoms with van der Waals surface area (Å²) < 4.78 is 6.07. The number of likely N-dealkylation sites (N-methyl/N-ethyl adjacent to an activating group) is 1. The molecule has 0 atom stereocenters. The number of carboxylic acid groups (broad SMARTS) is 1. The van der Waals surface area contributed by atoms with Crippen LogP contribution in [0.4, 0.5) is 5.13 Å². The summed E-state index contributed by atoms with van der Waals surface area (Å²) in [4.78, 5) is 12.5. The summed E-state index contributed by atoms with van der Waals surface area (Å²) in [6.07, 6.45) is 0. The van der Waals surface area contributed by atoms with Gasteiger partial charge in [-0.15, -0.1) is 10.2 Å². The van der Waals surface area contributed by atoms with Gasteiger partial charge in [0, 0.05) is 13.1 Å². The predicted octanol–water partition coefficient (Wildman–Crippen LogP) is 0.705. The number of aliphatic carboxylic acids is 1. The topological polar surface area (TPSA) is 87.6 Å². The van der Waals surface area contributed by atoms with Crippen molar-refractivity contribution in [2.24, 2.45) is 0 Å². The van der Waals surface area contributed by atoms with E-state index in [1.807, 2.05) is 14.1 Å². The minimum Gasteiger partial charge on any atom is -0.481 e. The number of hydrogen-bond donors (Lipinski definition) is 2. The number of carboxylic acids is 1. The normalized spacial score (nSPS) is 10.9. The Balaban J connectivity index is 2.11. The van der Waals surface area contributed by atoms with Crippen molar-refractivity contribution in [2.75, 3.05) is 51.5 Å². The van der Waals surface area contributed by atoms with Crippen LogP contribution in [0.1, 0.15) is 0 Å². The summed E-state index contributed by atoms with van der Waals surface area (Å²) in [5.41, 5.74) is 0. The SMILES string of the molecule is CN(C)CCOCCNc1nnc(SCC(=O)O)s1. The fraction of sp³-hybridized carbons (Fsp3) is 0.700. The Morgan fingerprint density at radius 2 is 2.26 bits per heavy atom. The lowest BCUT2D eigenvalue weighted by Crippen LogP contribution is -2.19. The number of thioether (sulfide) groups is 1. The van der Waals surface area contributed by atoms with E-state index in [0.717, 1.165) is 6.54 Å². The summed E-state index contributed by atoms with van der Waals surface area (Å²) in [5, 5.41) is 20.1. The lowest BCUT2D eigenvalue weighted by atomic mass is 10.6. The number of carbonyl (C=O) groups is 1. The van der Waals surface area contributed by atoms with Crippen LogP contribution in [0.25, 0.3) is 0 Å². The number of anilines is 1. The van der Waals surface area contributed by atoms with E-state index in [0.29, 0.717) is 29.2 Å². The lowest BCUT2D eigenvalue weighted by molar-refractivity contribution is -0.133. The van der Waals surface area contributed by atoms with E-state index in [-0.39, 0.29) is 5.75 Å². The van der Waals surface area contributed by atoms with E-state index < -0.39 is 5.97 Å². The number of ether oxygens (including phenoxy) is 1. The molecule has 0 fully saturated rings. The van der Waals surface area contributed by atoms with Crippen molar-refractivity contribution < 1.29 is 14.6 Å². The third-order valence-corrected chi connectivity index (χ3v) is 3.93. The zero-order chi connectivity index (χ0) is 14.1. The van der Waals surface area contributed by atoms with Gasteiger partial charge in [0.05, 0.1) is 19.0 Å². The van der Waals surface area contributed by atoms with Crippen LogP contribution in [0.2, 0.25) is 0 Å². The van der Waals surface area contributed by atoms with Crippen LogP contribution in [0.15, 0.2) is 4.34 Å². The first kappa shape index (κ1) is 16.2. The van der Waals surface area contributed by atoms with Crippen LogP contribution >= 0.6 is 23.1 Å². The van der Waals surface area contributed by atoms with Crippen molar-refractivity contribution in [2.45, 2.75) is 4.34 Å². The van der Waals surface area contributed by atoms with E-state index >= 15 is 0 Å². The number of hydrogen-bond acceptors (Lipinski definition) is 8. The van der Waals surface area contributed by atoms with E-state index in [4.69, 9.17) is 9.84 Å². The molecular weight excluding hydrogens is 288 g/mol. The first-order valence-corrected chi connectivity index (χ1v) is 7.52. The fourth-order valence-corrected chi connectivity index (χ4v) is 2.54. The van der Waals surface area contributed by atoms with Crippen LogP contribution < -0.4 is 5.32 Å². The van der Waals surface area contributed by atoms with Crippen molar-refractivity contribution in [3.05, 3.63) is 0 Å². The van der Waals surface area contributed by atoms with Crippen molar-refractivity contribution >= 4 is 34.2 Å². The molecule has 7 nitrogen and oxygen atoms in total. The lowest BCUT2D eigenvalue weighted by Gasteiger charge is -2.09. The zero-order valence-corrected chi connectivity index (χ0v) is 12.6. The molecule has 0 spiro atoms. The number of rotatable bonds is 10. The molecule has 2 N–H and O–H groups in total. The second kappa shape index (κ2) is 9.08. The quantitative estimate of drug-likeness (QED) is 0.482. The van der Waals surface area contributed by atoms with E-state index in [1.54, 1.807) is 0 Å². The number of aromatic nitrogens is 2. The fourth-order valence-electron chi connectivity index (χ4n) is 1.04. The van der Waals surface area contributed by atoms with Crippen LogP contribution in [-0.4, -0.2) is 72.3 Å². The molecule has 0 aliphatic rings. The highest BCUT2D eigenvalue weighted by Gasteiger charge is 2.06. The molecule has 0 saturated carbocycles. The van der Waals surface area contributed by atoms with Gasteiger partial charge in [0.15, 0.2) is 4.34 Å². The van der Waals surface area contributed by atoms with Crippen LogP contribution in [-0.2, 0) is 9.53 Å². The maximum absolute atomic E-state index is 10.4. The predicted molar refractivity (Wildman–Crippen MR) is 76.1 cm³/mol. The van der Waals surface area contributed by atoms with E-state index in [1.165, 1.54) is 23.1 Å². The largest absolute Gasteiger partial charge is 0.481 e. The van der Waals surface area contributed by atoms with Crippen LogP contribution in [0, 0.1) is 0 Å². The Hall–Kier alpha value is -0.900. The van der Waals surface area contributed by atoms with Crippen molar-refractivity contribution in [3.63, 3.8) is 0 Å². The maximum atomic E-state index is 10.4. The van der Waals surface area contributed by atoms with Crippen molar-refractivity contribution in [3.8, 4) is 0 Å². The van der Waals surface area contributed by atoms with E-state index in [9.17, 15) is 4.79 Å². The first-order valence-electron chi connectivity index (χ1n) is 5.72. The number of nitrogens with one attached hydrogen (secondary N) is 1.